The standard InChI is InChI=1S/C12H15NO/c13-12(4-5-12)10-6-8-2-1-3-9(8)7-11(10)14/h6-7,14H,1-5,13H2. The van der Waals surface area contributed by atoms with Crippen molar-refractivity contribution in [3.05, 3.63) is 28.8 Å². The highest BCUT2D eigenvalue weighted by Gasteiger charge is 2.42. The Balaban J connectivity index is 2.13. The lowest BCUT2D eigenvalue weighted by atomic mass is 9.99. The van der Waals surface area contributed by atoms with Gasteiger partial charge in [-0.15, -0.1) is 0 Å². The molecule has 2 aliphatic carbocycles. The monoisotopic (exact) mass is 189 g/mol. The first-order valence-corrected chi connectivity index (χ1v) is 5.33. The largest absolute Gasteiger partial charge is 0.508 e. The molecule has 0 aromatic heterocycles. The minimum Gasteiger partial charge on any atom is -0.508 e. The molecule has 0 amide bonds. The molecule has 0 saturated heterocycles. The Morgan fingerprint density at radius 3 is 2.43 bits per heavy atom. The average Bonchev–Trinajstić information content (AvgIpc) is 2.75. The predicted molar refractivity (Wildman–Crippen MR) is 55.2 cm³/mol. The van der Waals surface area contributed by atoms with Crippen LogP contribution in [0.3, 0.4) is 0 Å². The summed E-state index contributed by atoms with van der Waals surface area (Å²) < 4.78 is 0. The molecule has 1 aromatic carbocycles. The SMILES string of the molecule is NC1(c2cc3c(cc2O)CCC3)CC1. The van der Waals surface area contributed by atoms with E-state index in [0.717, 1.165) is 31.2 Å². The molecule has 0 unspecified atom stereocenters. The lowest BCUT2D eigenvalue weighted by Gasteiger charge is -2.13. The molecule has 2 heteroatoms. The molecule has 1 fully saturated rings. The average molecular weight is 189 g/mol. The molecule has 0 aliphatic heterocycles. The van der Waals surface area contributed by atoms with E-state index in [2.05, 4.69) is 6.07 Å². The molecule has 14 heavy (non-hydrogen) atoms. The summed E-state index contributed by atoms with van der Waals surface area (Å²) in [6, 6.07) is 4.05. The highest BCUT2D eigenvalue weighted by atomic mass is 16.3. The molecule has 0 heterocycles. The summed E-state index contributed by atoms with van der Waals surface area (Å²) in [5.74, 6) is 0.408. The van der Waals surface area contributed by atoms with Gasteiger partial charge in [-0.25, -0.2) is 0 Å². The maximum absolute atomic E-state index is 9.87. The van der Waals surface area contributed by atoms with E-state index in [9.17, 15) is 5.11 Å². The van der Waals surface area contributed by atoms with Crippen molar-refractivity contribution in [2.45, 2.75) is 37.6 Å². The predicted octanol–water partition coefficient (Wildman–Crippen LogP) is 1.83. The Morgan fingerprint density at radius 2 is 1.79 bits per heavy atom. The van der Waals surface area contributed by atoms with Crippen LogP contribution in [-0.4, -0.2) is 5.11 Å². The van der Waals surface area contributed by atoms with Crippen molar-refractivity contribution in [3.8, 4) is 5.75 Å². The van der Waals surface area contributed by atoms with Gasteiger partial charge < -0.3 is 10.8 Å². The van der Waals surface area contributed by atoms with Gasteiger partial charge in [0, 0.05) is 11.1 Å². The fourth-order valence-electron chi connectivity index (χ4n) is 2.41. The van der Waals surface area contributed by atoms with Crippen molar-refractivity contribution in [1.29, 1.82) is 0 Å². The van der Waals surface area contributed by atoms with Gasteiger partial charge in [-0.05, 0) is 55.4 Å². The van der Waals surface area contributed by atoms with Gasteiger partial charge in [-0.3, -0.25) is 0 Å². The molecule has 0 spiro atoms. The van der Waals surface area contributed by atoms with Gasteiger partial charge in [0.05, 0.1) is 0 Å². The van der Waals surface area contributed by atoms with Gasteiger partial charge in [0.25, 0.3) is 0 Å². The number of fused-ring (bicyclic) bond motifs is 1. The van der Waals surface area contributed by atoms with Gasteiger partial charge in [0.2, 0.25) is 0 Å². The third kappa shape index (κ3) is 1.07. The van der Waals surface area contributed by atoms with Crippen LogP contribution >= 0.6 is 0 Å². The Bertz CT molecular complexity index is 394. The second kappa shape index (κ2) is 2.51. The minimum atomic E-state index is -0.207. The van der Waals surface area contributed by atoms with Crippen LogP contribution in [0.15, 0.2) is 12.1 Å². The molecule has 74 valence electrons. The van der Waals surface area contributed by atoms with Gasteiger partial charge >= 0.3 is 0 Å². The first-order chi connectivity index (χ1) is 6.69. The molecule has 2 aliphatic rings. The number of benzene rings is 1. The number of rotatable bonds is 1. The zero-order chi connectivity index (χ0) is 9.76. The Morgan fingerprint density at radius 1 is 1.14 bits per heavy atom. The number of aryl methyl sites for hydroxylation is 2. The number of phenolic OH excluding ortho intramolecular Hbond substituents is 1. The summed E-state index contributed by atoms with van der Waals surface area (Å²) in [6.07, 6.45) is 5.51. The van der Waals surface area contributed by atoms with E-state index in [1.807, 2.05) is 6.07 Å². The molecule has 1 aromatic rings. The van der Waals surface area contributed by atoms with Gasteiger partial charge in [-0.1, -0.05) is 0 Å². The first-order valence-electron chi connectivity index (χ1n) is 5.33. The lowest BCUT2D eigenvalue weighted by molar-refractivity contribution is 0.459. The summed E-state index contributed by atoms with van der Waals surface area (Å²) >= 11 is 0. The van der Waals surface area contributed by atoms with Crippen LogP contribution in [0.25, 0.3) is 0 Å². The second-order valence-corrected chi connectivity index (χ2v) is 4.65. The van der Waals surface area contributed by atoms with Crippen molar-refractivity contribution in [3.63, 3.8) is 0 Å². The van der Waals surface area contributed by atoms with Gasteiger partial charge in [0.15, 0.2) is 0 Å². The van der Waals surface area contributed by atoms with E-state index in [1.54, 1.807) is 0 Å². The number of phenols is 1. The van der Waals surface area contributed by atoms with E-state index in [0.29, 0.717) is 5.75 Å². The molecule has 0 radical (unpaired) electrons. The van der Waals surface area contributed by atoms with E-state index in [4.69, 9.17) is 5.73 Å². The van der Waals surface area contributed by atoms with Crippen molar-refractivity contribution in [2.75, 3.05) is 0 Å². The summed E-state index contributed by atoms with van der Waals surface area (Å²) in [5.41, 5.74) is 9.58. The summed E-state index contributed by atoms with van der Waals surface area (Å²) in [4.78, 5) is 0. The molecule has 3 N–H and O–H groups in total. The number of aromatic hydroxyl groups is 1. The topological polar surface area (TPSA) is 46.2 Å². The highest BCUT2D eigenvalue weighted by Crippen LogP contribution is 2.47. The smallest absolute Gasteiger partial charge is 0.120 e. The number of nitrogens with two attached hydrogens (primary N) is 1. The third-order valence-corrected chi connectivity index (χ3v) is 3.54. The van der Waals surface area contributed by atoms with Crippen LogP contribution in [0, 0.1) is 0 Å². The van der Waals surface area contributed by atoms with E-state index < -0.39 is 0 Å². The second-order valence-electron chi connectivity index (χ2n) is 4.65. The first kappa shape index (κ1) is 8.30. The van der Waals surface area contributed by atoms with Crippen molar-refractivity contribution < 1.29 is 5.11 Å². The van der Waals surface area contributed by atoms with Gasteiger partial charge in [-0.2, -0.15) is 0 Å². The zero-order valence-corrected chi connectivity index (χ0v) is 8.21. The van der Waals surface area contributed by atoms with E-state index in [1.165, 1.54) is 17.5 Å². The Labute approximate surface area is 83.7 Å². The van der Waals surface area contributed by atoms with Crippen LogP contribution < -0.4 is 5.73 Å². The number of hydrogen-bond acceptors (Lipinski definition) is 2. The minimum absolute atomic E-state index is 0.207. The van der Waals surface area contributed by atoms with E-state index >= 15 is 0 Å². The van der Waals surface area contributed by atoms with Crippen molar-refractivity contribution in [1.82, 2.24) is 0 Å². The van der Waals surface area contributed by atoms with Gasteiger partial charge in [0.1, 0.15) is 5.75 Å². The molecule has 0 atom stereocenters. The van der Waals surface area contributed by atoms with Crippen LogP contribution in [0.1, 0.15) is 36.0 Å². The molecular weight excluding hydrogens is 174 g/mol. The summed E-state index contributed by atoms with van der Waals surface area (Å²) in [7, 11) is 0. The molecule has 0 bridgehead atoms. The van der Waals surface area contributed by atoms with Crippen molar-refractivity contribution in [2.24, 2.45) is 5.73 Å². The zero-order valence-electron chi connectivity index (χ0n) is 8.21. The highest BCUT2D eigenvalue weighted by molar-refractivity contribution is 5.49. The van der Waals surface area contributed by atoms with Crippen LogP contribution in [-0.2, 0) is 18.4 Å². The Kier molecular flexibility index (Phi) is 1.49. The van der Waals surface area contributed by atoms with Crippen molar-refractivity contribution >= 4 is 0 Å². The van der Waals surface area contributed by atoms with E-state index in [-0.39, 0.29) is 5.54 Å². The summed E-state index contributed by atoms with van der Waals surface area (Å²) in [5, 5.41) is 9.87. The lowest BCUT2D eigenvalue weighted by Crippen LogP contribution is -2.19. The molecular formula is C12H15NO. The maximum atomic E-state index is 9.87. The molecule has 1 saturated carbocycles. The maximum Gasteiger partial charge on any atom is 0.120 e. The fraction of sp³-hybridized carbons (Fsp3) is 0.500. The quantitative estimate of drug-likeness (QED) is 0.708. The fourth-order valence-corrected chi connectivity index (χ4v) is 2.41. The van der Waals surface area contributed by atoms with Crippen LogP contribution in [0.5, 0.6) is 5.75 Å². The van der Waals surface area contributed by atoms with Crippen LogP contribution in [0.2, 0.25) is 0 Å². The van der Waals surface area contributed by atoms with Crippen LogP contribution in [0.4, 0.5) is 0 Å². The normalized spacial score (nSPS) is 22.1. The number of hydrogen-bond donors (Lipinski definition) is 2. The Hall–Kier alpha value is -1.02. The third-order valence-electron chi connectivity index (χ3n) is 3.54. The molecule has 2 nitrogen and oxygen atoms in total. The molecule has 3 rings (SSSR count). The summed E-state index contributed by atoms with van der Waals surface area (Å²) in [6.45, 7) is 0.